The first-order chi connectivity index (χ1) is 20.2. The summed E-state index contributed by atoms with van der Waals surface area (Å²) >= 11 is 0. The fourth-order valence-corrected chi connectivity index (χ4v) is 4.20. The van der Waals surface area contributed by atoms with Crippen molar-refractivity contribution in [1.29, 1.82) is 0 Å². The molecule has 0 unspecified atom stereocenters. The molecule has 15 heteroatoms. The molecule has 1 aliphatic rings. The summed E-state index contributed by atoms with van der Waals surface area (Å²) in [5.74, 6) is -3.45. The van der Waals surface area contributed by atoms with Gasteiger partial charge in [-0.2, -0.15) is 0 Å². The van der Waals surface area contributed by atoms with Gasteiger partial charge in [0, 0.05) is 12.1 Å². The van der Waals surface area contributed by atoms with Crippen LogP contribution in [-0.4, -0.2) is 75.2 Å². The molecular weight excluding hydrogens is 568 g/mol. The zero-order valence-electron chi connectivity index (χ0n) is 23.7. The third-order valence-electron chi connectivity index (χ3n) is 6.12. The van der Waals surface area contributed by atoms with Crippen LogP contribution < -0.4 is 15.4 Å². The van der Waals surface area contributed by atoms with Crippen LogP contribution in [0.1, 0.15) is 39.2 Å². The van der Waals surface area contributed by atoms with E-state index < -0.39 is 65.2 Å². The van der Waals surface area contributed by atoms with E-state index >= 15 is 0 Å². The molecule has 0 radical (unpaired) electrons. The SMILES string of the molecule is CC(C)(C)OC(=O)NC[C@H](NC(=O)OCc1ccccc1)C(=O)N1[C@@H](C(=O)Oc2ccc([N+](=O)[O-])cc2)CC[C@H]1C(=O)O. The number of non-ortho nitro benzene ring substituents is 1. The normalized spacial score (nSPS) is 16.9. The van der Waals surface area contributed by atoms with E-state index in [4.69, 9.17) is 14.2 Å². The second-order valence-corrected chi connectivity index (χ2v) is 10.5. The van der Waals surface area contributed by atoms with Crippen molar-refractivity contribution in [3.63, 3.8) is 0 Å². The van der Waals surface area contributed by atoms with Gasteiger partial charge in [0.05, 0.1) is 11.5 Å². The maximum Gasteiger partial charge on any atom is 0.408 e. The van der Waals surface area contributed by atoms with Crippen LogP contribution in [0.2, 0.25) is 0 Å². The number of aliphatic carboxylic acids is 1. The lowest BCUT2D eigenvalue weighted by molar-refractivity contribution is -0.384. The Morgan fingerprint density at radius 2 is 1.63 bits per heavy atom. The van der Waals surface area contributed by atoms with E-state index in [0.29, 0.717) is 5.56 Å². The summed E-state index contributed by atoms with van der Waals surface area (Å²) in [6.07, 6.45) is -2.13. The van der Waals surface area contributed by atoms with E-state index in [9.17, 15) is 39.2 Å². The summed E-state index contributed by atoms with van der Waals surface area (Å²) in [4.78, 5) is 75.0. The molecule has 230 valence electrons. The number of nitro groups is 1. The zero-order valence-corrected chi connectivity index (χ0v) is 23.7. The molecule has 1 heterocycles. The first kappa shape index (κ1) is 32.3. The van der Waals surface area contributed by atoms with Crippen molar-refractivity contribution >= 4 is 35.7 Å². The number of ether oxygens (including phenoxy) is 3. The van der Waals surface area contributed by atoms with Crippen LogP contribution in [0, 0.1) is 10.1 Å². The molecule has 0 bridgehead atoms. The van der Waals surface area contributed by atoms with Gasteiger partial charge in [-0.3, -0.25) is 14.9 Å². The summed E-state index contributed by atoms with van der Waals surface area (Å²) in [7, 11) is 0. The number of hydrogen-bond donors (Lipinski definition) is 3. The van der Waals surface area contributed by atoms with Gasteiger partial charge in [-0.25, -0.2) is 19.2 Å². The number of likely N-dealkylation sites (tertiary alicyclic amines) is 1. The van der Waals surface area contributed by atoms with Gasteiger partial charge in [0.2, 0.25) is 5.91 Å². The molecule has 43 heavy (non-hydrogen) atoms. The first-order valence-corrected chi connectivity index (χ1v) is 13.2. The summed E-state index contributed by atoms with van der Waals surface area (Å²) in [6.45, 7) is 4.20. The number of carbonyl (C=O) groups is 5. The van der Waals surface area contributed by atoms with Gasteiger partial charge >= 0.3 is 24.1 Å². The molecule has 2 aromatic carbocycles. The Hall–Kier alpha value is -5.21. The highest BCUT2D eigenvalue weighted by Gasteiger charge is 2.47. The fourth-order valence-electron chi connectivity index (χ4n) is 4.20. The number of alkyl carbamates (subject to hydrolysis) is 2. The van der Waals surface area contributed by atoms with Crippen LogP contribution in [0.5, 0.6) is 5.75 Å². The Bertz CT molecular complexity index is 1340. The van der Waals surface area contributed by atoms with Crippen molar-refractivity contribution in [2.45, 2.75) is 63.9 Å². The van der Waals surface area contributed by atoms with Crippen molar-refractivity contribution in [3.05, 3.63) is 70.3 Å². The molecular formula is C28H32N4O11. The van der Waals surface area contributed by atoms with E-state index in [2.05, 4.69) is 10.6 Å². The van der Waals surface area contributed by atoms with Gasteiger partial charge in [0.1, 0.15) is 36.1 Å². The highest BCUT2D eigenvalue weighted by molar-refractivity contribution is 5.94. The van der Waals surface area contributed by atoms with Gasteiger partial charge in [-0.1, -0.05) is 30.3 Å². The molecule has 1 aliphatic heterocycles. The van der Waals surface area contributed by atoms with Crippen molar-refractivity contribution in [3.8, 4) is 5.75 Å². The Kier molecular flexibility index (Phi) is 10.6. The van der Waals surface area contributed by atoms with Crippen LogP contribution in [0.15, 0.2) is 54.6 Å². The van der Waals surface area contributed by atoms with Crippen molar-refractivity contribution in [2.75, 3.05) is 6.54 Å². The van der Waals surface area contributed by atoms with Gasteiger partial charge < -0.3 is 34.9 Å². The zero-order chi connectivity index (χ0) is 31.7. The number of benzene rings is 2. The fraction of sp³-hybridized carbons (Fsp3) is 0.393. The molecule has 2 aromatic rings. The molecule has 3 rings (SSSR count). The summed E-state index contributed by atoms with van der Waals surface area (Å²) < 4.78 is 15.7. The molecule has 0 saturated carbocycles. The number of rotatable bonds is 10. The summed E-state index contributed by atoms with van der Waals surface area (Å²) in [5, 5.41) is 25.4. The van der Waals surface area contributed by atoms with Crippen LogP contribution in [0.25, 0.3) is 0 Å². The number of amides is 3. The van der Waals surface area contributed by atoms with E-state index in [1.807, 2.05) is 0 Å². The Morgan fingerprint density at radius 1 is 1.00 bits per heavy atom. The number of carbonyl (C=O) groups excluding carboxylic acids is 4. The van der Waals surface area contributed by atoms with Crippen LogP contribution >= 0.6 is 0 Å². The molecule has 0 aliphatic carbocycles. The average Bonchev–Trinajstić information content (AvgIpc) is 3.39. The van der Waals surface area contributed by atoms with Crippen LogP contribution in [0.3, 0.4) is 0 Å². The van der Waals surface area contributed by atoms with Gasteiger partial charge in [-0.15, -0.1) is 0 Å². The molecule has 0 spiro atoms. The minimum absolute atomic E-state index is 0.0625. The van der Waals surface area contributed by atoms with Crippen molar-refractivity contribution in [2.24, 2.45) is 0 Å². The highest BCUT2D eigenvalue weighted by atomic mass is 16.6. The number of carboxylic acids is 1. The van der Waals surface area contributed by atoms with Crippen molar-refractivity contribution in [1.82, 2.24) is 15.5 Å². The number of carboxylic acid groups (broad SMARTS) is 1. The number of hydrogen-bond acceptors (Lipinski definition) is 10. The maximum absolute atomic E-state index is 13.8. The molecule has 0 aromatic heterocycles. The van der Waals surface area contributed by atoms with E-state index in [-0.39, 0.29) is 30.9 Å². The third kappa shape index (κ3) is 9.41. The largest absolute Gasteiger partial charge is 0.480 e. The lowest BCUT2D eigenvalue weighted by Gasteiger charge is -2.31. The smallest absolute Gasteiger partial charge is 0.408 e. The Balaban J connectivity index is 1.81. The lowest BCUT2D eigenvalue weighted by Crippen LogP contribution is -2.59. The number of nitrogens with zero attached hydrogens (tertiary/aromatic N) is 2. The minimum Gasteiger partial charge on any atom is -0.480 e. The minimum atomic E-state index is -1.56. The number of esters is 1. The first-order valence-electron chi connectivity index (χ1n) is 13.2. The van der Waals surface area contributed by atoms with Crippen LogP contribution in [0.4, 0.5) is 15.3 Å². The Labute approximate surface area is 246 Å². The highest BCUT2D eigenvalue weighted by Crippen LogP contribution is 2.28. The quantitative estimate of drug-likeness (QED) is 0.156. The van der Waals surface area contributed by atoms with E-state index in [1.165, 1.54) is 12.1 Å². The molecule has 3 N–H and O–H groups in total. The molecule has 1 saturated heterocycles. The molecule has 15 nitrogen and oxygen atoms in total. The summed E-state index contributed by atoms with van der Waals surface area (Å²) in [6, 6.07) is 8.88. The third-order valence-corrected chi connectivity index (χ3v) is 6.12. The monoisotopic (exact) mass is 600 g/mol. The molecule has 3 amide bonds. The van der Waals surface area contributed by atoms with E-state index in [0.717, 1.165) is 17.0 Å². The van der Waals surface area contributed by atoms with Gasteiger partial charge in [0.15, 0.2) is 0 Å². The van der Waals surface area contributed by atoms with Gasteiger partial charge in [0.25, 0.3) is 5.69 Å². The second kappa shape index (κ2) is 14.1. The predicted octanol–water partition coefficient (Wildman–Crippen LogP) is 2.76. The molecule has 3 atom stereocenters. The molecule has 1 fully saturated rings. The maximum atomic E-state index is 13.8. The lowest BCUT2D eigenvalue weighted by atomic mass is 10.2. The second-order valence-electron chi connectivity index (χ2n) is 10.5. The number of nitrogens with one attached hydrogen (secondary N) is 2. The van der Waals surface area contributed by atoms with Gasteiger partial charge in [-0.05, 0) is 51.3 Å². The van der Waals surface area contributed by atoms with E-state index in [1.54, 1.807) is 51.1 Å². The predicted molar refractivity (Wildman–Crippen MR) is 148 cm³/mol. The topological polar surface area (TPSA) is 204 Å². The summed E-state index contributed by atoms with van der Waals surface area (Å²) in [5.41, 5.74) is -0.456. The average molecular weight is 601 g/mol. The number of nitro benzene ring substituents is 1. The Morgan fingerprint density at radius 3 is 2.21 bits per heavy atom. The van der Waals surface area contributed by atoms with Crippen molar-refractivity contribution < 1.29 is 48.2 Å². The van der Waals surface area contributed by atoms with Crippen LogP contribution in [-0.2, 0) is 30.5 Å². The standard InChI is InChI=1S/C28H32N4O11/c1-28(2,3)43-26(37)29-15-20(30-27(38)41-16-17-7-5-4-6-8-17)23(33)31-21(24(34)35)13-14-22(31)25(36)42-19-11-9-18(10-12-19)32(39)40/h4-12,20-22H,13-16H2,1-3H3,(H,29,37)(H,30,38)(H,34,35)/t20-,21-,22+/m0/s1.